The van der Waals surface area contributed by atoms with E-state index in [0.29, 0.717) is 13.0 Å². The van der Waals surface area contributed by atoms with Gasteiger partial charge in [0.15, 0.2) is 5.03 Å². The second-order valence-corrected chi connectivity index (χ2v) is 6.40. The lowest BCUT2D eigenvalue weighted by atomic mass is 10.4. The fraction of sp³-hybridized carbons (Fsp3) is 0.600. The topological polar surface area (TPSA) is 90.5 Å². The van der Waals surface area contributed by atoms with Crippen molar-refractivity contribution in [2.24, 2.45) is 12.8 Å². The van der Waals surface area contributed by atoms with E-state index in [4.69, 9.17) is 22.7 Å². The van der Waals surface area contributed by atoms with Crippen LogP contribution in [0.2, 0.25) is 0 Å². The SMILES string of the molecule is COCCN(CCC(N)=S)S(=O)(=O)c1cn(C)cn1. The van der Waals surface area contributed by atoms with Crippen molar-refractivity contribution in [2.45, 2.75) is 11.4 Å². The highest BCUT2D eigenvalue weighted by Crippen LogP contribution is 2.13. The number of aryl methyl sites for hydroxylation is 1. The molecule has 0 aliphatic carbocycles. The Bertz CT molecular complexity index is 527. The number of aromatic nitrogens is 2. The normalized spacial score (nSPS) is 11.9. The first-order chi connectivity index (χ1) is 8.87. The van der Waals surface area contributed by atoms with Crippen LogP contribution in [0.1, 0.15) is 6.42 Å². The standard InChI is InChI=1S/C10H18N4O3S2/c1-13-7-10(12-8-13)19(15,16)14(5-6-17-2)4-3-9(11)18/h7-8H,3-6H2,1-2H3,(H2,11,18). The van der Waals surface area contributed by atoms with Gasteiger partial charge in [0.2, 0.25) is 0 Å². The molecule has 0 bridgehead atoms. The van der Waals surface area contributed by atoms with Gasteiger partial charge in [-0.15, -0.1) is 0 Å². The maximum Gasteiger partial charge on any atom is 0.262 e. The molecule has 2 N–H and O–H groups in total. The Kier molecular flexibility index (Phi) is 5.85. The average Bonchev–Trinajstić information content (AvgIpc) is 2.76. The van der Waals surface area contributed by atoms with E-state index in [9.17, 15) is 8.42 Å². The first-order valence-corrected chi connectivity index (χ1v) is 7.48. The number of hydrogen-bond acceptors (Lipinski definition) is 5. The summed E-state index contributed by atoms with van der Waals surface area (Å²) in [6.07, 6.45) is 3.22. The second kappa shape index (κ2) is 6.94. The lowest BCUT2D eigenvalue weighted by molar-refractivity contribution is 0.179. The molecule has 1 aromatic heterocycles. The van der Waals surface area contributed by atoms with Gasteiger partial charge in [-0.25, -0.2) is 13.4 Å². The van der Waals surface area contributed by atoms with Crippen LogP contribution >= 0.6 is 12.2 Å². The van der Waals surface area contributed by atoms with Crippen LogP contribution in [0.3, 0.4) is 0 Å². The van der Waals surface area contributed by atoms with E-state index >= 15 is 0 Å². The molecule has 7 nitrogen and oxygen atoms in total. The van der Waals surface area contributed by atoms with Gasteiger partial charge in [-0.1, -0.05) is 12.2 Å². The molecule has 0 atom stereocenters. The molecule has 0 fully saturated rings. The zero-order valence-corrected chi connectivity index (χ0v) is 12.6. The number of nitrogens with two attached hydrogens (primary N) is 1. The molecule has 0 aliphatic rings. The second-order valence-electron chi connectivity index (χ2n) is 3.99. The van der Waals surface area contributed by atoms with Gasteiger partial charge in [0.25, 0.3) is 10.0 Å². The van der Waals surface area contributed by atoms with Crippen molar-refractivity contribution < 1.29 is 13.2 Å². The highest BCUT2D eigenvalue weighted by Gasteiger charge is 2.26. The minimum atomic E-state index is -3.64. The van der Waals surface area contributed by atoms with Crippen molar-refractivity contribution in [3.63, 3.8) is 0 Å². The van der Waals surface area contributed by atoms with Crippen LogP contribution in [0.4, 0.5) is 0 Å². The van der Waals surface area contributed by atoms with E-state index in [2.05, 4.69) is 4.98 Å². The predicted octanol–water partition coefficient (Wildman–Crippen LogP) is -0.267. The molecule has 1 heterocycles. The lowest BCUT2D eigenvalue weighted by Crippen LogP contribution is -2.36. The third-order valence-corrected chi connectivity index (χ3v) is 4.43. The third-order valence-electron chi connectivity index (χ3n) is 2.44. The van der Waals surface area contributed by atoms with Crippen molar-refractivity contribution in [1.29, 1.82) is 0 Å². The summed E-state index contributed by atoms with van der Waals surface area (Å²) in [4.78, 5) is 4.15. The lowest BCUT2D eigenvalue weighted by Gasteiger charge is -2.20. The van der Waals surface area contributed by atoms with Gasteiger partial charge in [0, 0.05) is 39.9 Å². The Balaban J connectivity index is 2.91. The van der Waals surface area contributed by atoms with Gasteiger partial charge in [-0.2, -0.15) is 4.31 Å². The molecule has 0 radical (unpaired) electrons. The third kappa shape index (κ3) is 4.53. The van der Waals surface area contributed by atoms with E-state index in [0.717, 1.165) is 0 Å². The Morgan fingerprint density at radius 1 is 1.58 bits per heavy atom. The number of rotatable bonds is 8. The summed E-state index contributed by atoms with van der Waals surface area (Å²) in [7, 11) is -0.420. The molecule has 1 aromatic rings. The van der Waals surface area contributed by atoms with Crippen LogP contribution < -0.4 is 5.73 Å². The van der Waals surface area contributed by atoms with Crippen molar-refractivity contribution in [3.8, 4) is 0 Å². The van der Waals surface area contributed by atoms with Gasteiger partial charge in [-0.3, -0.25) is 0 Å². The molecule has 0 saturated carbocycles. The quantitative estimate of drug-likeness (QED) is 0.665. The highest BCUT2D eigenvalue weighted by atomic mass is 32.2. The monoisotopic (exact) mass is 306 g/mol. The number of hydrogen-bond donors (Lipinski definition) is 1. The molecule has 0 amide bonds. The Labute approximate surface area is 118 Å². The first kappa shape index (κ1) is 16.0. The van der Waals surface area contributed by atoms with E-state index in [1.165, 1.54) is 23.9 Å². The molecule has 19 heavy (non-hydrogen) atoms. The van der Waals surface area contributed by atoms with E-state index < -0.39 is 10.0 Å². The molecule has 0 saturated heterocycles. The van der Waals surface area contributed by atoms with Crippen LogP contribution in [0.5, 0.6) is 0 Å². The molecule has 0 aliphatic heterocycles. The van der Waals surface area contributed by atoms with E-state index in [1.54, 1.807) is 11.6 Å². The van der Waals surface area contributed by atoms with Gasteiger partial charge in [-0.05, 0) is 0 Å². The average molecular weight is 306 g/mol. The molecule has 108 valence electrons. The van der Waals surface area contributed by atoms with Crippen molar-refractivity contribution >= 4 is 27.2 Å². The first-order valence-electron chi connectivity index (χ1n) is 5.63. The largest absolute Gasteiger partial charge is 0.393 e. The van der Waals surface area contributed by atoms with Crippen molar-refractivity contribution in [3.05, 3.63) is 12.5 Å². The molecular weight excluding hydrogens is 288 g/mol. The maximum atomic E-state index is 12.4. The molecule has 0 aromatic carbocycles. The summed E-state index contributed by atoms with van der Waals surface area (Å²) in [5, 5.41) is 0.00837. The molecule has 0 spiro atoms. The predicted molar refractivity (Wildman–Crippen MR) is 75.2 cm³/mol. The Morgan fingerprint density at radius 3 is 2.74 bits per heavy atom. The van der Waals surface area contributed by atoms with Gasteiger partial charge < -0.3 is 15.0 Å². The molecule has 1 rings (SSSR count). The summed E-state index contributed by atoms with van der Waals surface area (Å²) < 4.78 is 32.5. The van der Waals surface area contributed by atoms with Gasteiger partial charge >= 0.3 is 0 Å². The summed E-state index contributed by atoms with van der Waals surface area (Å²) in [6, 6.07) is 0. The summed E-state index contributed by atoms with van der Waals surface area (Å²) >= 11 is 4.78. The number of thiocarbonyl (C=S) groups is 1. The highest BCUT2D eigenvalue weighted by molar-refractivity contribution is 7.89. The number of sulfonamides is 1. The summed E-state index contributed by atoms with van der Waals surface area (Å²) in [6.45, 7) is 0.749. The van der Waals surface area contributed by atoms with E-state index in [-0.39, 0.29) is 23.1 Å². The van der Waals surface area contributed by atoms with Crippen LogP contribution in [-0.2, 0) is 21.8 Å². The fourth-order valence-electron chi connectivity index (χ4n) is 1.43. The van der Waals surface area contributed by atoms with Crippen LogP contribution in [0, 0.1) is 0 Å². The number of imidazole rings is 1. The minimum absolute atomic E-state index is 0.00837. The minimum Gasteiger partial charge on any atom is -0.393 e. The van der Waals surface area contributed by atoms with Crippen LogP contribution in [-0.4, -0.2) is 54.1 Å². The van der Waals surface area contributed by atoms with Crippen molar-refractivity contribution in [1.82, 2.24) is 13.9 Å². The summed E-state index contributed by atoms with van der Waals surface area (Å²) in [5.41, 5.74) is 5.41. The maximum absolute atomic E-state index is 12.4. The van der Waals surface area contributed by atoms with Crippen LogP contribution in [0.25, 0.3) is 0 Å². The number of ether oxygens (including phenoxy) is 1. The zero-order valence-electron chi connectivity index (χ0n) is 10.9. The molecular formula is C10H18N4O3S2. The summed E-state index contributed by atoms with van der Waals surface area (Å²) in [5.74, 6) is 0. The fourth-order valence-corrected chi connectivity index (χ4v) is 2.92. The smallest absolute Gasteiger partial charge is 0.262 e. The Morgan fingerprint density at radius 2 is 2.26 bits per heavy atom. The zero-order chi connectivity index (χ0) is 14.5. The van der Waals surface area contributed by atoms with Gasteiger partial charge in [0.1, 0.15) is 0 Å². The number of methoxy groups -OCH3 is 1. The van der Waals surface area contributed by atoms with Gasteiger partial charge in [0.05, 0.1) is 17.9 Å². The molecule has 9 heteroatoms. The van der Waals surface area contributed by atoms with Crippen LogP contribution in [0.15, 0.2) is 17.6 Å². The number of nitrogens with zero attached hydrogens (tertiary/aromatic N) is 3. The van der Waals surface area contributed by atoms with E-state index in [1.807, 2.05) is 0 Å². The Hall–Kier alpha value is -1.03. The van der Waals surface area contributed by atoms with Crippen molar-refractivity contribution in [2.75, 3.05) is 26.8 Å². The molecule has 0 unspecified atom stereocenters.